The van der Waals surface area contributed by atoms with Gasteiger partial charge in [-0.1, -0.05) is 0 Å². The number of anilines is 3. The Kier molecular flexibility index (Phi) is 4.78. The smallest absolute Gasteiger partial charge is 0.258 e. The number of aromatic nitrogens is 2. The zero-order chi connectivity index (χ0) is 18.7. The summed E-state index contributed by atoms with van der Waals surface area (Å²) >= 11 is 0. The summed E-state index contributed by atoms with van der Waals surface area (Å²) in [6, 6.07) is 5.64. The van der Waals surface area contributed by atoms with E-state index in [4.69, 9.17) is 0 Å². The van der Waals surface area contributed by atoms with Crippen LogP contribution < -0.4 is 10.6 Å². The normalized spacial score (nSPS) is 10.5. The Hall–Kier alpha value is -3.49. The molecule has 132 valence electrons. The van der Waals surface area contributed by atoms with Crippen molar-refractivity contribution in [3.63, 3.8) is 0 Å². The Balaban J connectivity index is 1.71. The van der Waals surface area contributed by atoms with E-state index in [-0.39, 0.29) is 22.9 Å². The number of nitrogens with one attached hydrogen (secondary N) is 2. The van der Waals surface area contributed by atoms with E-state index in [9.17, 15) is 22.4 Å². The number of carbonyl (C=O) groups excluding carboxylic acids is 1. The fourth-order valence-electron chi connectivity index (χ4n) is 2.01. The van der Waals surface area contributed by atoms with Crippen molar-refractivity contribution < 1.29 is 22.4 Å². The Morgan fingerprint density at radius 2 is 1.35 bits per heavy atom. The molecular weight excluding hydrogens is 352 g/mol. The summed E-state index contributed by atoms with van der Waals surface area (Å²) in [6.07, 6.45) is 2.26. The lowest BCUT2D eigenvalue weighted by Gasteiger charge is -2.08. The predicted molar refractivity (Wildman–Crippen MR) is 86.0 cm³/mol. The van der Waals surface area contributed by atoms with Crippen LogP contribution in [0.2, 0.25) is 0 Å². The molecule has 0 spiro atoms. The van der Waals surface area contributed by atoms with E-state index in [2.05, 4.69) is 20.6 Å². The van der Waals surface area contributed by atoms with E-state index in [1.807, 2.05) is 0 Å². The molecule has 0 bridgehead atoms. The van der Waals surface area contributed by atoms with Gasteiger partial charge >= 0.3 is 0 Å². The summed E-state index contributed by atoms with van der Waals surface area (Å²) in [7, 11) is 0. The molecule has 0 radical (unpaired) electrons. The predicted octanol–water partition coefficient (Wildman–Crippen LogP) is 4.03. The zero-order valence-corrected chi connectivity index (χ0v) is 12.9. The zero-order valence-electron chi connectivity index (χ0n) is 12.9. The topological polar surface area (TPSA) is 66.9 Å². The summed E-state index contributed by atoms with van der Waals surface area (Å²) in [5, 5.41) is 4.79. The minimum Gasteiger partial charge on any atom is -0.322 e. The van der Waals surface area contributed by atoms with Crippen LogP contribution in [0.25, 0.3) is 0 Å². The van der Waals surface area contributed by atoms with Gasteiger partial charge in [-0.15, -0.1) is 0 Å². The summed E-state index contributed by atoms with van der Waals surface area (Å²) in [6.45, 7) is 0. The van der Waals surface area contributed by atoms with Crippen molar-refractivity contribution in [3.05, 3.63) is 77.6 Å². The fraction of sp³-hybridized carbons (Fsp3) is 0. The number of hydrogen-bond acceptors (Lipinski definition) is 4. The van der Waals surface area contributed by atoms with Crippen molar-refractivity contribution in [2.45, 2.75) is 0 Å². The van der Waals surface area contributed by atoms with Crippen LogP contribution in [-0.4, -0.2) is 15.9 Å². The standard InChI is InChI=1S/C17H10F4N4O/c18-10-1-3-14(12(20)5-10)24-16(26)9-7-22-17(23-8-9)25-15-4-2-11(19)6-13(15)21/h1-8H,(H,24,26)(H,22,23,25). The molecule has 0 aliphatic carbocycles. The van der Waals surface area contributed by atoms with Crippen molar-refractivity contribution in [2.75, 3.05) is 10.6 Å². The molecule has 0 aliphatic rings. The molecule has 0 saturated heterocycles. The molecular formula is C17H10F4N4O. The maximum absolute atomic E-state index is 13.6. The first-order chi connectivity index (χ1) is 12.4. The second-order valence-corrected chi connectivity index (χ2v) is 5.12. The molecule has 0 unspecified atom stereocenters. The Morgan fingerprint density at radius 1 is 0.808 bits per heavy atom. The van der Waals surface area contributed by atoms with Gasteiger partial charge in [-0.3, -0.25) is 4.79 Å². The lowest BCUT2D eigenvalue weighted by Crippen LogP contribution is -2.14. The molecule has 0 aliphatic heterocycles. The number of rotatable bonds is 4. The van der Waals surface area contributed by atoms with E-state index in [0.717, 1.165) is 30.6 Å². The van der Waals surface area contributed by atoms with Gasteiger partial charge in [-0.25, -0.2) is 27.5 Å². The van der Waals surface area contributed by atoms with Crippen LogP contribution in [-0.2, 0) is 0 Å². The quantitative estimate of drug-likeness (QED) is 0.688. The lowest BCUT2D eigenvalue weighted by molar-refractivity contribution is 0.102. The Labute approximate surface area is 144 Å². The summed E-state index contributed by atoms with van der Waals surface area (Å²) in [5.41, 5.74) is -0.247. The second-order valence-electron chi connectivity index (χ2n) is 5.12. The fourth-order valence-corrected chi connectivity index (χ4v) is 2.01. The van der Waals surface area contributed by atoms with Crippen molar-refractivity contribution in [1.29, 1.82) is 0 Å². The number of hydrogen-bond donors (Lipinski definition) is 2. The van der Waals surface area contributed by atoms with Gasteiger partial charge < -0.3 is 10.6 Å². The minimum absolute atomic E-state index is 0.00106. The SMILES string of the molecule is O=C(Nc1ccc(F)cc1F)c1cnc(Nc2ccc(F)cc2F)nc1. The van der Waals surface area contributed by atoms with E-state index < -0.39 is 29.2 Å². The largest absolute Gasteiger partial charge is 0.322 e. The number of carbonyl (C=O) groups is 1. The van der Waals surface area contributed by atoms with Gasteiger partial charge in [0.1, 0.15) is 23.3 Å². The highest BCUT2D eigenvalue weighted by Crippen LogP contribution is 2.19. The van der Waals surface area contributed by atoms with Crippen LogP contribution in [0.5, 0.6) is 0 Å². The third-order valence-electron chi connectivity index (χ3n) is 3.27. The number of amides is 1. The van der Waals surface area contributed by atoms with Gasteiger partial charge in [0, 0.05) is 24.5 Å². The highest BCUT2D eigenvalue weighted by molar-refractivity contribution is 6.03. The molecule has 26 heavy (non-hydrogen) atoms. The van der Waals surface area contributed by atoms with Crippen LogP contribution in [0, 0.1) is 23.3 Å². The Bertz CT molecular complexity index is 963. The maximum Gasteiger partial charge on any atom is 0.258 e. The van der Waals surface area contributed by atoms with Gasteiger partial charge in [0.25, 0.3) is 5.91 Å². The summed E-state index contributed by atoms with van der Waals surface area (Å²) in [4.78, 5) is 19.7. The van der Waals surface area contributed by atoms with E-state index >= 15 is 0 Å². The average Bonchev–Trinajstić information content (AvgIpc) is 2.60. The van der Waals surface area contributed by atoms with E-state index in [1.54, 1.807) is 0 Å². The van der Waals surface area contributed by atoms with Crippen molar-refractivity contribution in [3.8, 4) is 0 Å². The lowest BCUT2D eigenvalue weighted by atomic mass is 10.2. The van der Waals surface area contributed by atoms with Crippen LogP contribution >= 0.6 is 0 Å². The number of benzene rings is 2. The highest BCUT2D eigenvalue weighted by atomic mass is 19.1. The maximum atomic E-state index is 13.6. The third kappa shape index (κ3) is 3.94. The van der Waals surface area contributed by atoms with Crippen LogP contribution in [0.1, 0.15) is 10.4 Å². The third-order valence-corrected chi connectivity index (χ3v) is 3.27. The molecule has 1 amide bonds. The molecule has 1 heterocycles. The molecule has 0 fully saturated rings. The van der Waals surface area contributed by atoms with Gasteiger partial charge in [-0.2, -0.15) is 0 Å². The van der Waals surface area contributed by atoms with Gasteiger partial charge in [-0.05, 0) is 24.3 Å². The number of halogens is 4. The molecule has 0 atom stereocenters. The molecule has 9 heteroatoms. The average molecular weight is 362 g/mol. The van der Waals surface area contributed by atoms with Crippen molar-refractivity contribution in [1.82, 2.24) is 9.97 Å². The van der Waals surface area contributed by atoms with Crippen molar-refractivity contribution in [2.24, 2.45) is 0 Å². The van der Waals surface area contributed by atoms with E-state index in [0.29, 0.717) is 12.1 Å². The summed E-state index contributed by atoms with van der Waals surface area (Å²) in [5.74, 6) is -4.00. The molecule has 0 saturated carbocycles. The summed E-state index contributed by atoms with van der Waals surface area (Å²) < 4.78 is 52.8. The van der Waals surface area contributed by atoms with Gasteiger partial charge in [0.2, 0.25) is 5.95 Å². The number of nitrogens with zero attached hydrogens (tertiary/aromatic N) is 2. The van der Waals surface area contributed by atoms with Crippen LogP contribution in [0.15, 0.2) is 48.8 Å². The van der Waals surface area contributed by atoms with Crippen LogP contribution in [0.4, 0.5) is 34.9 Å². The monoisotopic (exact) mass is 362 g/mol. The van der Waals surface area contributed by atoms with Gasteiger partial charge in [0.05, 0.1) is 16.9 Å². The highest BCUT2D eigenvalue weighted by Gasteiger charge is 2.12. The molecule has 5 nitrogen and oxygen atoms in total. The van der Waals surface area contributed by atoms with Crippen molar-refractivity contribution >= 4 is 23.2 Å². The molecule has 3 aromatic rings. The molecule has 3 rings (SSSR count). The minimum atomic E-state index is -0.927. The van der Waals surface area contributed by atoms with Crippen LogP contribution in [0.3, 0.4) is 0 Å². The second kappa shape index (κ2) is 7.18. The molecule has 1 aromatic heterocycles. The first-order valence-corrected chi connectivity index (χ1v) is 7.23. The Morgan fingerprint density at radius 3 is 1.88 bits per heavy atom. The van der Waals surface area contributed by atoms with E-state index in [1.165, 1.54) is 6.07 Å². The molecule has 2 aromatic carbocycles. The molecule has 2 N–H and O–H groups in total. The van der Waals surface area contributed by atoms with Gasteiger partial charge in [0.15, 0.2) is 0 Å². The first-order valence-electron chi connectivity index (χ1n) is 7.23. The first kappa shape index (κ1) is 17.3.